The lowest BCUT2D eigenvalue weighted by Gasteiger charge is -2.46. The minimum Gasteiger partial charge on any atom is -0.208 e. The highest BCUT2D eigenvalue weighted by atomic mass is 15.0. The molecule has 0 radical (unpaired) electrons. The van der Waals surface area contributed by atoms with Crippen molar-refractivity contribution in [1.82, 2.24) is 15.0 Å². The molecule has 0 bridgehead atoms. The van der Waals surface area contributed by atoms with Crippen LogP contribution in [0.4, 0.5) is 0 Å². The number of fused-ring (bicyclic) bond motifs is 10. The fourth-order valence-electron chi connectivity index (χ4n) is 10.6. The monoisotopic (exact) mass is 791 g/mol. The number of rotatable bonds is 5. The molecule has 1 aromatic heterocycles. The average molecular weight is 792 g/mol. The summed E-state index contributed by atoms with van der Waals surface area (Å²) in [5, 5.41) is 2.24. The molecule has 2 aliphatic carbocycles. The second-order valence-electron chi connectivity index (χ2n) is 17.1. The predicted molar refractivity (Wildman–Crippen MR) is 254 cm³/mol. The van der Waals surface area contributed by atoms with E-state index in [1.54, 1.807) is 0 Å². The van der Waals surface area contributed by atoms with Crippen LogP contribution in [0.2, 0.25) is 0 Å². The van der Waals surface area contributed by atoms with Crippen LogP contribution in [-0.4, -0.2) is 15.0 Å². The first kappa shape index (κ1) is 36.1. The fourth-order valence-corrected chi connectivity index (χ4v) is 10.6. The van der Waals surface area contributed by atoms with Crippen LogP contribution in [0.5, 0.6) is 0 Å². The van der Waals surface area contributed by atoms with Crippen molar-refractivity contribution in [3.63, 3.8) is 0 Å². The number of hydrogen-bond acceptors (Lipinski definition) is 3. The van der Waals surface area contributed by atoms with Crippen molar-refractivity contribution in [2.24, 2.45) is 0 Å². The van der Waals surface area contributed by atoms with Gasteiger partial charge in [-0.25, -0.2) is 15.0 Å². The van der Waals surface area contributed by atoms with Gasteiger partial charge in [-0.2, -0.15) is 0 Å². The maximum Gasteiger partial charge on any atom is 0.164 e. The summed E-state index contributed by atoms with van der Waals surface area (Å²) >= 11 is 0. The molecule has 0 fully saturated rings. The van der Waals surface area contributed by atoms with E-state index in [9.17, 15) is 0 Å². The zero-order chi connectivity index (χ0) is 41.4. The van der Waals surface area contributed by atoms with E-state index >= 15 is 0 Å². The lowest BCUT2D eigenvalue weighted by Crippen LogP contribution is -2.40. The van der Waals surface area contributed by atoms with Gasteiger partial charge in [-0.3, -0.25) is 0 Å². The van der Waals surface area contributed by atoms with Crippen molar-refractivity contribution in [2.75, 3.05) is 0 Å². The van der Waals surface area contributed by atoms with Gasteiger partial charge in [0, 0.05) is 22.1 Å². The third-order valence-electron chi connectivity index (χ3n) is 13.4. The molecule has 292 valence electrons. The van der Waals surface area contributed by atoms with Gasteiger partial charge in [-0.1, -0.05) is 208 Å². The fraction of sp³-hybridized carbons (Fsp3) is 0.0678. The summed E-state index contributed by atoms with van der Waals surface area (Å²) in [6, 6.07) is 76.8. The van der Waals surface area contributed by atoms with Crippen molar-refractivity contribution in [3.05, 3.63) is 246 Å². The molecule has 0 amide bonds. The molecule has 1 heterocycles. The lowest BCUT2D eigenvalue weighted by atomic mass is 9.55. The van der Waals surface area contributed by atoms with Gasteiger partial charge < -0.3 is 0 Å². The molecule has 9 aromatic carbocycles. The largest absolute Gasteiger partial charge is 0.208 e. The molecule has 62 heavy (non-hydrogen) atoms. The van der Waals surface area contributed by atoms with E-state index in [4.69, 9.17) is 15.0 Å². The number of aromatic nitrogens is 3. The molecule has 10 aromatic rings. The van der Waals surface area contributed by atoms with Crippen LogP contribution in [0.1, 0.15) is 47.2 Å². The lowest BCUT2D eigenvalue weighted by molar-refractivity contribution is 0.563. The highest BCUT2D eigenvalue weighted by Crippen LogP contribution is 2.62. The second kappa shape index (κ2) is 13.9. The maximum atomic E-state index is 5.23. The highest BCUT2D eigenvalue weighted by molar-refractivity contribution is 6.05. The predicted octanol–water partition coefficient (Wildman–Crippen LogP) is 14.4. The Morgan fingerprint density at radius 1 is 0.274 bits per heavy atom. The van der Waals surface area contributed by atoms with Crippen LogP contribution < -0.4 is 0 Å². The summed E-state index contributed by atoms with van der Waals surface area (Å²) in [6.07, 6.45) is 0. The van der Waals surface area contributed by atoms with Crippen LogP contribution in [0.15, 0.2) is 212 Å². The second-order valence-corrected chi connectivity index (χ2v) is 17.1. The molecule has 3 heteroatoms. The third-order valence-corrected chi connectivity index (χ3v) is 13.4. The molecule has 1 spiro atoms. The zero-order valence-electron chi connectivity index (χ0n) is 34.5. The van der Waals surface area contributed by atoms with Crippen LogP contribution in [0, 0.1) is 0 Å². The van der Waals surface area contributed by atoms with Gasteiger partial charge in [0.1, 0.15) is 0 Å². The Morgan fingerprint density at radius 2 is 0.758 bits per heavy atom. The molecular formula is C59H41N3. The van der Waals surface area contributed by atoms with E-state index in [0.717, 1.165) is 38.6 Å². The molecule has 0 aliphatic heterocycles. The standard InChI is InChI=1S/C59H41N3/c1-58(2)51-28-13-15-30-53(51)59(54-31-16-14-29-52(54)58)49-27-12-11-26-46(49)48-37-41(32-35-50(48)59)43-33-34-47(45-25-10-9-24-44(43)45)57-61-55(39-20-7-4-8-21-39)60-56(62-57)42-23-17-22-40(36-42)38-18-5-3-6-19-38/h3-37H,1-2H3. The molecular weight excluding hydrogens is 751 g/mol. The van der Waals surface area contributed by atoms with E-state index in [0.29, 0.717) is 17.5 Å². The van der Waals surface area contributed by atoms with E-state index in [2.05, 4.69) is 202 Å². The topological polar surface area (TPSA) is 38.7 Å². The summed E-state index contributed by atoms with van der Waals surface area (Å²) in [5.74, 6) is 1.92. The Bertz CT molecular complexity index is 3330. The van der Waals surface area contributed by atoms with Gasteiger partial charge in [-0.05, 0) is 95.7 Å². The summed E-state index contributed by atoms with van der Waals surface area (Å²) in [7, 11) is 0. The van der Waals surface area contributed by atoms with Crippen LogP contribution >= 0.6 is 0 Å². The van der Waals surface area contributed by atoms with E-state index in [1.807, 2.05) is 24.3 Å². The Labute approximate surface area is 362 Å². The van der Waals surface area contributed by atoms with Gasteiger partial charge in [-0.15, -0.1) is 0 Å². The molecule has 0 atom stereocenters. The SMILES string of the molecule is CC1(C)c2ccccc2C2(c3ccccc3-c3cc(-c4ccc(-c5nc(-c6ccccc6)nc(-c6cccc(-c7ccccc7)c6)n5)c5ccccc45)ccc32)c2ccccc21. The van der Waals surface area contributed by atoms with Crippen LogP contribution in [0.25, 0.3) is 78.3 Å². The first-order chi connectivity index (χ1) is 30.5. The quantitative estimate of drug-likeness (QED) is 0.174. The van der Waals surface area contributed by atoms with Crippen LogP contribution in [0.3, 0.4) is 0 Å². The van der Waals surface area contributed by atoms with Gasteiger partial charge >= 0.3 is 0 Å². The number of benzene rings is 9. The molecule has 0 saturated heterocycles. The van der Waals surface area contributed by atoms with Gasteiger partial charge in [0.15, 0.2) is 17.5 Å². The summed E-state index contributed by atoms with van der Waals surface area (Å²) < 4.78 is 0. The smallest absolute Gasteiger partial charge is 0.164 e. The molecule has 3 nitrogen and oxygen atoms in total. The molecule has 0 N–H and O–H groups in total. The van der Waals surface area contributed by atoms with Gasteiger partial charge in [0.25, 0.3) is 0 Å². The normalized spacial score (nSPS) is 13.9. The van der Waals surface area contributed by atoms with E-state index in [1.165, 1.54) is 55.6 Å². The zero-order valence-corrected chi connectivity index (χ0v) is 34.5. The highest BCUT2D eigenvalue weighted by Gasteiger charge is 2.53. The summed E-state index contributed by atoms with van der Waals surface area (Å²) in [6.45, 7) is 4.75. The Hall–Kier alpha value is -7.75. The van der Waals surface area contributed by atoms with E-state index < -0.39 is 5.41 Å². The summed E-state index contributed by atoms with van der Waals surface area (Å²) in [4.78, 5) is 15.5. The average Bonchev–Trinajstić information content (AvgIpc) is 3.63. The maximum absolute atomic E-state index is 5.23. The van der Waals surface area contributed by atoms with Crippen molar-refractivity contribution < 1.29 is 0 Å². The molecule has 2 aliphatic rings. The van der Waals surface area contributed by atoms with Crippen molar-refractivity contribution >= 4 is 10.8 Å². The van der Waals surface area contributed by atoms with Gasteiger partial charge in [0.05, 0.1) is 5.41 Å². The Morgan fingerprint density at radius 3 is 1.45 bits per heavy atom. The first-order valence-corrected chi connectivity index (χ1v) is 21.4. The number of hydrogen-bond donors (Lipinski definition) is 0. The third kappa shape index (κ3) is 5.34. The van der Waals surface area contributed by atoms with E-state index in [-0.39, 0.29) is 5.41 Å². The minimum absolute atomic E-state index is 0.135. The van der Waals surface area contributed by atoms with Gasteiger partial charge in [0.2, 0.25) is 0 Å². The van der Waals surface area contributed by atoms with Crippen molar-refractivity contribution in [2.45, 2.75) is 24.7 Å². The van der Waals surface area contributed by atoms with Crippen molar-refractivity contribution in [3.8, 4) is 67.5 Å². The molecule has 0 saturated carbocycles. The summed E-state index contributed by atoms with van der Waals surface area (Å²) in [5.41, 5.74) is 17.7. The Balaban J connectivity index is 1.03. The first-order valence-electron chi connectivity index (χ1n) is 21.4. The molecule has 0 unspecified atom stereocenters. The Kier molecular flexibility index (Phi) is 8.10. The van der Waals surface area contributed by atoms with Crippen molar-refractivity contribution in [1.29, 1.82) is 0 Å². The molecule has 12 rings (SSSR count). The minimum atomic E-state index is -0.424. The number of nitrogens with zero attached hydrogens (tertiary/aromatic N) is 3. The van der Waals surface area contributed by atoms with Crippen LogP contribution in [-0.2, 0) is 10.8 Å².